The van der Waals surface area contributed by atoms with Gasteiger partial charge in [0.25, 0.3) is 0 Å². The van der Waals surface area contributed by atoms with Crippen LogP contribution in [0.4, 0.5) is 5.69 Å². The predicted octanol–water partition coefficient (Wildman–Crippen LogP) is 1.72. The largest absolute Gasteiger partial charge is 0.375 e. The molecule has 1 N–H and O–H groups in total. The minimum absolute atomic E-state index is 0.672. The first kappa shape index (κ1) is 13.4. The highest BCUT2D eigenvalue weighted by molar-refractivity contribution is 5.47. The molecule has 1 atom stereocenters. The maximum Gasteiger partial charge on any atom is 0.0366 e. The number of rotatable bonds is 4. The molecule has 2 rings (SSSR count). The molecule has 0 radical (unpaired) electrons. The molecular weight excluding hydrogens is 222 g/mol. The third-order valence-corrected chi connectivity index (χ3v) is 3.88. The zero-order valence-corrected chi connectivity index (χ0v) is 11.8. The molecule has 3 heteroatoms. The Balaban J connectivity index is 1.86. The van der Waals surface area contributed by atoms with Gasteiger partial charge < -0.3 is 15.1 Å². The van der Waals surface area contributed by atoms with E-state index in [2.05, 4.69) is 60.4 Å². The second-order valence-corrected chi connectivity index (χ2v) is 5.39. The van der Waals surface area contributed by atoms with Crippen molar-refractivity contribution in [1.82, 2.24) is 10.2 Å². The minimum atomic E-state index is 0.672. The Morgan fingerprint density at radius 2 is 2.28 bits per heavy atom. The molecule has 1 fully saturated rings. The Labute approximate surface area is 111 Å². The van der Waals surface area contributed by atoms with Crippen LogP contribution in [0.15, 0.2) is 24.3 Å². The van der Waals surface area contributed by atoms with Crippen LogP contribution in [0.3, 0.4) is 0 Å². The topological polar surface area (TPSA) is 18.5 Å². The summed E-state index contributed by atoms with van der Waals surface area (Å²) in [5, 5.41) is 3.48. The third-order valence-electron chi connectivity index (χ3n) is 3.88. The molecule has 1 saturated heterocycles. The fourth-order valence-corrected chi connectivity index (χ4v) is 2.52. The molecule has 0 aromatic heterocycles. The number of likely N-dealkylation sites (N-methyl/N-ethyl adjacent to an activating group) is 1. The van der Waals surface area contributed by atoms with Crippen molar-refractivity contribution in [1.29, 1.82) is 0 Å². The van der Waals surface area contributed by atoms with E-state index < -0.39 is 0 Å². The lowest BCUT2D eigenvalue weighted by atomic mass is 10.1. The molecule has 1 aromatic rings. The van der Waals surface area contributed by atoms with Crippen molar-refractivity contribution in [2.45, 2.75) is 19.4 Å². The molecule has 1 unspecified atom stereocenters. The molecular formula is C15H25N3. The van der Waals surface area contributed by atoms with E-state index in [0.29, 0.717) is 6.04 Å². The van der Waals surface area contributed by atoms with E-state index in [4.69, 9.17) is 0 Å². The molecule has 0 bridgehead atoms. The van der Waals surface area contributed by atoms with Crippen LogP contribution in [0, 0.1) is 6.92 Å². The Hall–Kier alpha value is -1.06. The van der Waals surface area contributed by atoms with Crippen LogP contribution in [0.1, 0.15) is 12.0 Å². The van der Waals surface area contributed by atoms with Crippen molar-refractivity contribution in [3.63, 3.8) is 0 Å². The standard InChI is InChI=1S/C15H25N3/c1-13-5-4-6-14(11-13)17(2)9-7-15-12-16-8-10-18(15)3/h4-6,11,15-16H,7-10,12H2,1-3H3. The number of aryl methyl sites for hydroxylation is 1. The summed E-state index contributed by atoms with van der Waals surface area (Å²) in [6, 6.07) is 9.40. The van der Waals surface area contributed by atoms with Crippen molar-refractivity contribution < 1.29 is 0 Å². The minimum Gasteiger partial charge on any atom is -0.375 e. The van der Waals surface area contributed by atoms with E-state index in [-0.39, 0.29) is 0 Å². The van der Waals surface area contributed by atoms with Crippen LogP contribution in [0.2, 0.25) is 0 Å². The monoisotopic (exact) mass is 247 g/mol. The lowest BCUT2D eigenvalue weighted by Crippen LogP contribution is -2.50. The smallest absolute Gasteiger partial charge is 0.0366 e. The maximum atomic E-state index is 3.48. The zero-order chi connectivity index (χ0) is 13.0. The van der Waals surface area contributed by atoms with Crippen molar-refractivity contribution in [2.75, 3.05) is 45.2 Å². The van der Waals surface area contributed by atoms with Gasteiger partial charge in [-0.05, 0) is 38.1 Å². The lowest BCUT2D eigenvalue weighted by Gasteiger charge is -2.34. The van der Waals surface area contributed by atoms with Crippen LogP contribution < -0.4 is 10.2 Å². The zero-order valence-electron chi connectivity index (χ0n) is 11.8. The third kappa shape index (κ3) is 3.47. The fraction of sp³-hybridized carbons (Fsp3) is 0.600. The highest BCUT2D eigenvalue weighted by Crippen LogP contribution is 2.15. The van der Waals surface area contributed by atoms with Crippen LogP contribution in [-0.2, 0) is 0 Å². The maximum absolute atomic E-state index is 3.48. The van der Waals surface area contributed by atoms with Gasteiger partial charge in [0.05, 0.1) is 0 Å². The van der Waals surface area contributed by atoms with Crippen molar-refractivity contribution >= 4 is 5.69 Å². The van der Waals surface area contributed by atoms with Gasteiger partial charge in [0.15, 0.2) is 0 Å². The van der Waals surface area contributed by atoms with Crippen molar-refractivity contribution in [2.24, 2.45) is 0 Å². The predicted molar refractivity (Wildman–Crippen MR) is 78.4 cm³/mol. The van der Waals surface area contributed by atoms with Gasteiger partial charge in [0, 0.05) is 45.0 Å². The van der Waals surface area contributed by atoms with E-state index in [9.17, 15) is 0 Å². The van der Waals surface area contributed by atoms with Gasteiger partial charge in [-0.2, -0.15) is 0 Å². The number of anilines is 1. The highest BCUT2D eigenvalue weighted by atomic mass is 15.2. The van der Waals surface area contributed by atoms with Gasteiger partial charge in [0.1, 0.15) is 0 Å². The van der Waals surface area contributed by atoms with E-state index in [0.717, 1.165) is 19.6 Å². The summed E-state index contributed by atoms with van der Waals surface area (Å²) >= 11 is 0. The van der Waals surface area contributed by atoms with Gasteiger partial charge in [-0.25, -0.2) is 0 Å². The average molecular weight is 247 g/mol. The normalized spacial score (nSPS) is 20.9. The van der Waals surface area contributed by atoms with E-state index in [1.165, 1.54) is 24.2 Å². The molecule has 3 nitrogen and oxygen atoms in total. The molecule has 1 aliphatic rings. The Bertz CT molecular complexity index is 378. The Morgan fingerprint density at radius 3 is 3.00 bits per heavy atom. The molecule has 0 amide bonds. The number of hydrogen-bond acceptors (Lipinski definition) is 3. The molecule has 0 aliphatic carbocycles. The van der Waals surface area contributed by atoms with Gasteiger partial charge >= 0.3 is 0 Å². The summed E-state index contributed by atoms with van der Waals surface area (Å²) < 4.78 is 0. The SMILES string of the molecule is Cc1cccc(N(C)CCC2CNCCN2C)c1. The Morgan fingerprint density at radius 1 is 1.44 bits per heavy atom. The summed E-state index contributed by atoms with van der Waals surface area (Å²) in [7, 11) is 4.42. The molecule has 1 heterocycles. The quantitative estimate of drug-likeness (QED) is 0.874. The number of benzene rings is 1. The van der Waals surface area contributed by atoms with E-state index in [1.54, 1.807) is 0 Å². The molecule has 1 aliphatic heterocycles. The van der Waals surface area contributed by atoms with Crippen molar-refractivity contribution in [3.8, 4) is 0 Å². The lowest BCUT2D eigenvalue weighted by molar-refractivity contribution is 0.192. The molecule has 0 spiro atoms. The fourth-order valence-electron chi connectivity index (χ4n) is 2.52. The summed E-state index contributed by atoms with van der Waals surface area (Å²) in [4.78, 5) is 4.83. The first-order valence-electron chi connectivity index (χ1n) is 6.85. The van der Waals surface area contributed by atoms with Crippen LogP contribution in [-0.4, -0.2) is 51.2 Å². The average Bonchev–Trinajstić information content (AvgIpc) is 2.37. The summed E-state index contributed by atoms with van der Waals surface area (Å²) in [5.74, 6) is 0. The first-order chi connectivity index (χ1) is 8.66. The number of hydrogen-bond donors (Lipinski definition) is 1. The van der Waals surface area contributed by atoms with Gasteiger partial charge in [-0.1, -0.05) is 12.1 Å². The number of piperazine rings is 1. The van der Waals surface area contributed by atoms with E-state index >= 15 is 0 Å². The molecule has 0 saturated carbocycles. The number of nitrogens with one attached hydrogen (secondary N) is 1. The highest BCUT2D eigenvalue weighted by Gasteiger charge is 2.18. The summed E-state index contributed by atoms with van der Waals surface area (Å²) in [5.41, 5.74) is 2.65. The van der Waals surface area contributed by atoms with Crippen molar-refractivity contribution in [3.05, 3.63) is 29.8 Å². The van der Waals surface area contributed by atoms with Crippen LogP contribution >= 0.6 is 0 Å². The van der Waals surface area contributed by atoms with E-state index in [1.807, 2.05) is 0 Å². The summed E-state index contributed by atoms with van der Waals surface area (Å²) in [6.45, 7) is 6.67. The van der Waals surface area contributed by atoms with Gasteiger partial charge in [0.2, 0.25) is 0 Å². The molecule has 1 aromatic carbocycles. The van der Waals surface area contributed by atoms with Crippen LogP contribution in [0.25, 0.3) is 0 Å². The second-order valence-electron chi connectivity index (χ2n) is 5.39. The molecule has 18 heavy (non-hydrogen) atoms. The van der Waals surface area contributed by atoms with Gasteiger partial charge in [-0.15, -0.1) is 0 Å². The number of nitrogens with zero attached hydrogens (tertiary/aromatic N) is 2. The first-order valence-corrected chi connectivity index (χ1v) is 6.85. The second kappa shape index (κ2) is 6.21. The van der Waals surface area contributed by atoms with Gasteiger partial charge in [-0.3, -0.25) is 0 Å². The summed E-state index contributed by atoms with van der Waals surface area (Å²) in [6.07, 6.45) is 1.22. The Kier molecular flexibility index (Phi) is 4.61. The molecule has 100 valence electrons. The van der Waals surface area contributed by atoms with Crippen LogP contribution in [0.5, 0.6) is 0 Å².